The Morgan fingerprint density at radius 3 is 1.96 bits per heavy atom. The monoisotopic (exact) mass is 603 g/mol. The van der Waals surface area contributed by atoms with Gasteiger partial charge in [-0.05, 0) is 53.1 Å². The van der Waals surface area contributed by atoms with Crippen LogP contribution in [0.25, 0.3) is 97.3 Å². The van der Waals surface area contributed by atoms with Gasteiger partial charge in [-0.25, -0.2) is 4.98 Å². The van der Waals surface area contributed by atoms with Crippen LogP contribution >= 0.6 is 11.3 Å². The van der Waals surface area contributed by atoms with Crippen molar-refractivity contribution in [1.29, 1.82) is 0 Å². The minimum Gasteiger partial charge on any atom is -0.456 e. The van der Waals surface area contributed by atoms with Crippen LogP contribution in [0, 0.1) is 0 Å². The third kappa shape index (κ3) is 3.79. The highest BCUT2D eigenvalue weighted by Crippen LogP contribution is 2.46. The molecule has 0 bridgehead atoms. The van der Waals surface area contributed by atoms with Crippen molar-refractivity contribution in [2.24, 2.45) is 0 Å². The van der Waals surface area contributed by atoms with Gasteiger partial charge in [0, 0.05) is 58.2 Å². The zero-order chi connectivity index (χ0) is 30.2. The molecule has 0 amide bonds. The minimum atomic E-state index is 0.872. The first kappa shape index (κ1) is 25.5. The molecular formula is C43H25NOS. The summed E-state index contributed by atoms with van der Waals surface area (Å²) in [6, 6.07) is 54.2. The lowest BCUT2D eigenvalue weighted by Crippen LogP contribution is -1.93. The Bertz CT molecular complexity index is 2790. The Kier molecular flexibility index (Phi) is 5.48. The fourth-order valence-corrected chi connectivity index (χ4v) is 8.24. The average molecular weight is 604 g/mol. The number of hydrogen-bond acceptors (Lipinski definition) is 3. The molecule has 10 rings (SSSR count). The van der Waals surface area contributed by atoms with Crippen molar-refractivity contribution >= 4 is 75.1 Å². The number of para-hydroxylation sites is 2. The summed E-state index contributed by atoms with van der Waals surface area (Å²) < 4.78 is 9.21. The van der Waals surface area contributed by atoms with Crippen LogP contribution in [0.1, 0.15) is 0 Å². The first-order valence-electron chi connectivity index (χ1n) is 15.5. The number of fused-ring (bicyclic) bond motifs is 9. The van der Waals surface area contributed by atoms with E-state index in [0.717, 1.165) is 55.0 Å². The summed E-state index contributed by atoms with van der Waals surface area (Å²) in [5.74, 6) is 0. The molecule has 0 saturated carbocycles. The predicted molar refractivity (Wildman–Crippen MR) is 196 cm³/mol. The van der Waals surface area contributed by atoms with Gasteiger partial charge in [-0.1, -0.05) is 115 Å². The Morgan fingerprint density at radius 1 is 0.413 bits per heavy atom. The normalized spacial score (nSPS) is 11.9. The Balaban J connectivity index is 1.27. The van der Waals surface area contributed by atoms with Crippen LogP contribution in [-0.4, -0.2) is 4.98 Å². The first-order valence-corrected chi connectivity index (χ1v) is 16.4. The summed E-state index contributed by atoms with van der Waals surface area (Å²) in [6.07, 6.45) is 0. The van der Waals surface area contributed by atoms with Gasteiger partial charge in [0.15, 0.2) is 0 Å². The molecule has 0 unspecified atom stereocenters. The van der Waals surface area contributed by atoms with E-state index in [9.17, 15) is 0 Å². The second-order valence-corrected chi connectivity index (χ2v) is 13.0. The summed E-state index contributed by atoms with van der Waals surface area (Å²) in [4.78, 5) is 5.22. The van der Waals surface area contributed by atoms with Crippen LogP contribution in [0.4, 0.5) is 0 Å². The lowest BCUT2D eigenvalue weighted by molar-refractivity contribution is 0.669. The molecule has 0 atom stereocenters. The zero-order valence-corrected chi connectivity index (χ0v) is 25.5. The van der Waals surface area contributed by atoms with Crippen LogP contribution in [0.5, 0.6) is 0 Å². The summed E-state index contributed by atoms with van der Waals surface area (Å²) in [5.41, 5.74) is 9.55. The molecule has 214 valence electrons. The van der Waals surface area contributed by atoms with E-state index in [1.807, 2.05) is 17.4 Å². The quantitative estimate of drug-likeness (QED) is 0.188. The molecule has 46 heavy (non-hydrogen) atoms. The maximum Gasteiger partial charge on any atom is 0.136 e. The van der Waals surface area contributed by atoms with E-state index < -0.39 is 0 Å². The molecule has 3 heterocycles. The number of aromatic nitrogens is 1. The van der Waals surface area contributed by atoms with E-state index in [-0.39, 0.29) is 0 Å². The van der Waals surface area contributed by atoms with Crippen molar-refractivity contribution < 1.29 is 4.42 Å². The van der Waals surface area contributed by atoms with Gasteiger partial charge in [-0.2, -0.15) is 0 Å². The molecule has 0 radical (unpaired) electrons. The van der Waals surface area contributed by atoms with Crippen molar-refractivity contribution in [1.82, 2.24) is 4.98 Å². The molecule has 0 aliphatic carbocycles. The van der Waals surface area contributed by atoms with Crippen molar-refractivity contribution in [2.75, 3.05) is 0 Å². The largest absolute Gasteiger partial charge is 0.456 e. The Morgan fingerprint density at radius 2 is 1.09 bits per heavy atom. The molecule has 2 nitrogen and oxygen atoms in total. The fourth-order valence-electron chi connectivity index (χ4n) is 7.16. The first-order chi connectivity index (χ1) is 22.8. The highest BCUT2D eigenvalue weighted by Gasteiger charge is 2.21. The summed E-state index contributed by atoms with van der Waals surface area (Å²) in [7, 11) is 0. The number of furan rings is 1. The highest BCUT2D eigenvalue weighted by atomic mass is 32.1. The molecule has 0 saturated heterocycles. The van der Waals surface area contributed by atoms with Crippen LogP contribution in [0.3, 0.4) is 0 Å². The van der Waals surface area contributed by atoms with Crippen molar-refractivity contribution in [3.05, 3.63) is 152 Å². The van der Waals surface area contributed by atoms with E-state index in [1.54, 1.807) is 0 Å². The average Bonchev–Trinajstić information content (AvgIpc) is 3.68. The molecular weight excluding hydrogens is 579 g/mol. The third-order valence-electron chi connectivity index (χ3n) is 9.26. The number of hydrogen-bond donors (Lipinski definition) is 0. The number of thiophene rings is 1. The van der Waals surface area contributed by atoms with E-state index in [1.165, 1.54) is 42.2 Å². The zero-order valence-electron chi connectivity index (χ0n) is 24.7. The lowest BCUT2D eigenvalue weighted by atomic mass is 9.89. The molecule has 0 spiro atoms. The number of benzene rings is 7. The Hall–Kier alpha value is -5.77. The van der Waals surface area contributed by atoms with Crippen molar-refractivity contribution in [2.45, 2.75) is 0 Å². The number of pyridine rings is 1. The van der Waals surface area contributed by atoms with E-state index in [2.05, 4.69) is 146 Å². The summed E-state index contributed by atoms with van der Waals surface area (Å²) in [5, 5.41) is 8.31. The third-order valence-corrected chi connectivity index (χ3v) is 10.4. The number of nitrogens with zero attached hydrogens (tertiary/aromatic N) is 1. The lowest BCUT2D eigenvalue weighted by Gasteiger charge is -2.16. The van der Waals surface area contributed by atoms with Crippen LogP contribution < -0.4 is 0 Å². The maximum atomic E-state index is 6.56. The second-order valence-electron chi connectivity index (χ2n) is 11.9. The fraction of sp³-hybridized carbons (Fsp3) is 0. The summed E-state index contributed by atoms with van der Waals surface area (Å²) >= 11 is 1.86. The molecule has 0 aliphatic heterocycles. The van der Waals surface area contributed by atoms with Crippen LogP contribution in [0.15, 0.2) is 156 Å². The van der Waals surface area contributed by atoms with Crippen LogP contribution in [0.2, 0.25) is 0 Å². The molecule has 7 aromatic carbocycles. The van der Waals surface area contributed by atoms with Gasteiger partial charge in [0.25, 0.3) is 0 Å². The van der Waals surface area contributed by atoms with Gasteiger partial charge >= 0.3 is 0 Å². The summed E-state index contributed by atoms with van der Waals surface area (Å²) in [6.45, 7) is 0. The van der Waals surface area contributed by atoms with Gasteiger partial charge in [0.05, 0.1) is 11.2 Å². The predicted octanol–water partition coefficient (Wildman–Crippen LogP) is 12.7. The highest BCUT2D eigenvalue weighted by molar-refractivity contribution is 7.25. The SMILES string of the molecule is c1ccc(-c2nc3ccccc3c3c(-c4ccc(-c5ccc6sc7ccccc7c6c5)cc4)c4c(cc23)oc2ccccc24)cc1. The van der Waals surface area contributed by atoms with Crippen molar-refractivity contribution in [3.8, 4) is 33.5 Å². The molecule has 3 aromatic heterocycles. The minimum absolute atomic E-state index is 0.872. The second kappa shape index (κ2) is 9.87. The molecule has 0 aliphatic rings. The standard InChI is InChI=1S/C43H25NOS/c1-2-10-28(11-3-1)43-34-25-37-42(32-14-5-8-16-36(32)45-37)40(41(34)31-13-4-7-15-35(31)44-43)27-20-18-26(19-21-27)29-22-23-39-33(24-29)30-12-6-9-17-38(30)46-39/h1-25H. The van der Waals surface area contributed by atoms with Crippen LogP contribution in [-0.2, 0) is 0 Å². The van der Waals surface area contributed by atoms with Gasteiger partial charge in [0.2, 0.25) is 0 Å². The smallest absolute Gasteiger partial charge is 0.136 e. The topological polar surface area (TPSA) is 26.0 Å². The van der Waals surface area contributed by atoms with Gasteiger partial charge in [0.1, 0.15) is 11.2 Å². The van der Waals surface area contributed by atoms with Gasteiger partial charge in [-0.15, -0.1) is 11.3 Å². The molecule has 0 N–H and O–H groups in total. The van der Waals surface area contributed by atoms with Crippen molar-refractivity contribution in [3.63, 3.8) is 0 Å². The van der Waals surface area contributed by atoms with Gasteiger partial charge in [-0.3, -0.25) is 0 Å². The molecule has 0 fully saturated rings. The molecule has 3 heteroatoms. The van der Waals surface area contributed by atoms with E-state index >= 15 is 0 Å². The van der Waals surface area contributed by atoms with Gasteiger partial charge < -0.3 is 4.42 Å². The van der Waals surface area contributed by atoms with E-state index in [4.69, 9.17) is 9.40 Å². The maximum absolute atomic E-state index is 6.56. The molecule has 10 aromatic rings. The van der Waals surface area contributed by atoms with E-state index in [0.29, 0.717) is 0 Å². The Labute approximate surface area is 268 Å². The number of rotatable bonds is 3.